The quantitative estimate of drug-likeness (QED) is 0.526. The van der Waals surface area contributed by atoms with E-state index in [0.29, 0.717) is 23.8 Å². The van der Waals surface area contributed by atoms with E-state index in [1.54, 1.807) is 0 Å². The summed E-state index contributed by atoms with van der Waals surface area (Å²) in [5, 5.41) is 2.77. The average Bonchev–Trinajstić information content (AvgIpc) is 2.71. The van der Waals surface area contributed by atoms with Gasteiger partial charge in [0.05, 0.1) is 26.9 Å². The van der Waals surface area contributed by atoms with E-state index in [9.17, 15) is 9.59 Å². The summed E-state index contributed by atoms with van der Waals surface area (Å²) in [6.45, 7) is 0.209. The molecule has 0 fully saturated rings. The van der Waals surface area contributed by atoms with Crippen molar-refractivity contribution in [2.45, 2.75) is 32.1 Å². The van der Waals surface area contributed by atoms with Gasteiger partial charge in [0.1, 0.15) is 0 Å². The molecule has 1 aliphatic carbocycles. The number of carbonyl (C=O) groups excluding carboxylic acids is 2. The van der Waals surface area contributed by atoms with Gasteiger partial charge in [0.2, 0.25) is 5.75 Å². The lowest BCUT2D eigenvalue weighted by atomic mass is 9.97. The van der Waals surface area contributed by atoms with Gasteiger partial charge in [-0.15, -0.1) is 0 Å². The van der Waals surface area contributed by atoms with Crippen LogP contribution >= 0.6 is 0 Å². The molecule has 1 aromatic rings. The lowest BCUT2D eigenvalue weighted by Gasteiger charge is -2.14. The van der Waals surface area contributed by atoms with Crippen LogP contribution in [0, 0.1) is 0 Å². The minimum Gasteiger partial charge on any atom is -0.493 e. The maximum Gasteiger partial charge on any atom is 0.338 e. The van der Waals surface area contributed by atoms with Crippen molar-refractivity contribution in [2.24, 2.45) is 0 Å². The molecule has 0 radical (unpaired) electrons. The van der Waals surface area contributed by atoms with Crippen molar-refractivity contribution in [3.63, 3.8) is 0 Å². The first kappa shape index (κ1) is 20.6. The van der Waals surface area contributed by atoms with Crippen molar-refractivity contribution in [1.29, 1.82) is 0 Å². The first-order valence-corrected chi connectivity index (χ1v) is 9.00. The van der Waals surface area contributed by atoms with Crippen molar-refractivity contribution in [3.8, 4) is 17.2 Å². The maximum atomic E-state index is 12.2. The van der Waals surface area contributed by atoms with Gasteiger partial charge in [-0.05, 0) is 44.2 Å². The summed E-state index contributed by atoms with van der Waals surface area (Å²) in [4.78, 5) is 24.1. The van der Waals surface area contributed by atoms with E-state index in [0.717, 1.165) is 19.3 Å². The van der Waals surface area contributed by atoms with Crippen LogP contribution in [0.3, 0.4) is 0 Å². The highest BCUT2D eigenvalue weighted by molar-refractivity contribution is 5.92. The molecule has 0 heterocycles. The van der Waals surface area contributed by atoms with Crippen LogP contribution in [0.4, 0.5) is 0 Å². The lowest BCUT2D eigenvalue weighted by Crippen LogP contribution is -2.29. The molecule has 0 saturated heterocycles. The van der Waals surface area contributed by atoms with Gasteiger partial charge in [-0.1, -0.05) is 11.6 Å². The Kier molecular flexibility index (Phi) is 7.98. The second-order valence-corrected chi connectivity index (χ2v) is 6.20. The second kappa shape index (κ2) is 10.4. The molecule has 0 spiro atoms. The Morgan fingerprint density at radius 2 is 1.74 bits per heavy atom. The Morgan fingerprint density at radius 1 is 1.04 bits per heavy atom. The molecule has 1 aliphatic rings. The number of nitrogens with one attached hydrogen (secondary N) is 1. The number of methoxy groups -OCH3 is 3. The number of benzene rings is 1. The van der Waals surface area contributed by atoms with Gasteiger partial charge in [-0.3, -0.25) is 4.79 Å². The summed E-state index contributed by atoms with van der Waals surface area (Å²) in [6.07, 6.45) is 7.77. The van der Waals surface area contributed by atoms with E-state index in [-0.39, 0.29) is 18.1 Å². The Hall–Kier alpha value is -2.70. The monoisotopic (exact) mass is 377 g/mol. The third-order valence-corrected chi connectivity index (χ3v) is 4.39. The van der Waals surface area contributed by atoms with Crippen LogP contribution in [0.25, 0.3) is 0 Å². The van der Waals surface area contributed by atoms with Crippen LogP contribution in [0.5, 0.6) is 17.2 Å². The summed E-state index contributed by atoms with van der Waals surface area (Å²) in [7, 11) is 4.40. The smallest absolute Gasteiger partial charge is 0.338 e. The Morgan fingerprint density at radius 3 is 2.30 bits per heavy atom. The van der Waals surface area contributed by atoms with Crippen LogP contribution in [0.1, 0.15) is 42.5 Å². The zero-order chi connectivity index (χ0) is 19.6. The molecule has 1 aromatic carbocycles. The second-order valence-electron chi connectivity index (χ2n) is 6.20. The summed E-state index contributed by atoms with van der Waals surface area (Å²) in [6, 6.07) is 2.97. The molecule has 2 rings (SSSR count). The predicted octanol–water partition coefficient (Wildman–Crippen LogP) is 2.88. The van der Waals surface area contributed by atoms with Gasteiger partial charge in [0, 0.05) is 6.54 Å². The molecular formula is C20H27NO6. The summed E-state index contributed by atoms with van der Waals surface area (Å²) >= 11 is 0. The Balaban J connectivity index is 1.85. The number of carbonyl (C=O) groups is 2. The van der Waals surface area contributed by atoms with E-state index in [4.69, 9.17) is 18.9 Å². The largest absolute Gasteiger partial charge is 0.493 e. The van der Waals surface area contributed by atoms with E-state index < -0.39 is 5.97 Å². The first-order chi connectivity index (χ1) is 13.1. The Bertz CT molecular complexity index is 673. The van der Waals surface area contributed by atoms with E-state index in [1.165, 1.54) is 51.9 Å². The number of hydrogen-bond acceptors (Lipinski definition) is 6. The van der Waals surface area contributed by atoms with Crippen molar-refractivity contribution >= 4 is 11.9 Å². The number of allylic oxidation sites excluding steroid dienone is 1. The molecule has 0 unspecified atom stereocenters. The zero-order valence-corrected chi connectivity index (χ0v) is 16.1. The zero-order valence-electron chi connectivity index (χ0n) is 16.1. The molecule has 148 valence electrons. The number of ether oxygens (including phenoxy) is 4. The predicted molar refractivity (Wildman–Crippen MR) is 101 cm³/mol. The Labute approximate surface area is 159 Å². The normalized spacial score (nSPS) is 13.4. The molecule has 27 heavy (non-hydrogen) atoms. The fourth-order valence-corrected chi connectivity index (χ4v) is 2.96. The van der Waals surface area contributed by atoms with Gasteiger partial charge in [-0.2, -0.15) is 0 Å². The molecule has 7 nitrogen and oxygen atoms in total. The number of rotatable bonds is 9. The maximum absolute atomic E-state index is 12.2. The molecule has 0 aromatic heterocycles. The summed E-state index contributed by atoms with van der Waals surface area (Å²) in [5.74, 6) is 0.0981. The minimum atomic E-state index is -0.639. The van der Waals surface area contributed by atoms with Crippen LogP contribution in [-0.4, -0.2) is 46.4 Å². The standard InChI is InChI=1S/C20H27NO6/c1-24-16-11-15(12-17(25-2)19(16)26-3)20(23)27-13-18(22)21-10-9-14-7-5-4-6-8-14/h7,11-12H,4-6,8-10,13H2,1-3H3,(H,21,22). The van der Waals surface area contributed by atoms with Gasteiger partial charge in [0.25, 0.3) is 5.91 Å². The van der Waals surface area contributed by atoms with Gasteiger partial charge in [-0.25, -0.2) is 4.79 Å². The third-order valence-electron chi connectivity index (χ3n) is 4.39. The van der Waals surface area contributed by atoms with Gasteiger partial charge in [0.15, 0.2) is 18.1 Å². The number of amides is 1. The van der Waals surface area contributed by atoms with Crippen LogP contribution in [0.15, 0.2) is 23.8 Å². The molecule has 1 amide bonds. The highest BCUT2D eigenvalue weighted by Gasteiger charge is 2.18. The molecule has 1 N–H and O–H groups in total. The lowest BCUT2D eigenvalue weighted by molar-refractivity contribution is -0.124. The van der Waals surface area contributed by atoms with E-state index >= 15 is 0 Å². The molecule has 7 heteroatoms. The van der Waals surface area contributed by atoms with Crippen molar-refractivity contribution in [3.05, 3.63) is 29.3 Å². The molecule has 0 aliphatic heterocycles. The highest BCUT2D eigenvalue weighted by Crippen LogP contribution is 2.38. The molecule has 0 bridgehead atoms. The van der Waals surface area contributed by atoms with Crippen LogP contribution in [-0.2, 0) is 9.53 Å². The van der Waals surface area contributed by atoms with E-state index in [1.807, 2.05) is 0 Å². The number of esters is 1. The van der Waals surface area contributed by atoms with Crippen molar-refractivity contribution in [2.75, 3.05) is 34.5 Å². The highest BCUT2D eigenvalue weighted by atomic mass is 16.5. The summed E-state index contributed by atoms with van der Waals surface area (Å²) in [5.41, 5.74) is 1.60. The van der Waals surface area contributed by atoms with Crippen LogP contribution < -0.4 is 19.5 Å². The topological polar surface area (TPSA) is 83.1 Å². The van der Waals surface area contributed by atoms with Crippen molar-refractivity contribution in [1.82, 2.24) is 5.32 Å². The van der Waals surface area contributed by atoms with E-state index in [2.05, 4.69) is 11.4 Å². The first-order valence-electron chi connectivity index (χ1n) is 9.00. The minimum absolute atomic E-state index is 0.213. The fourth-order valence-electron chi connectivity index (χ4n) is 2.96. The number of hydrogen-bond donors (Lipinski definition) is 1. The fraction of sp³-hybridized carbons (Fsp3) is 0.500. The van der Waals surface area contributed by atoms with Gasteiger partial charge >= 0.3 is 5.97 Å². The van der Waals surface area contributed by atoms with Crippen LogP contribution in [0.2, 0.25) is 0 Å². The third kappa shape index (κ3) is 5.91. The molecular weight excluding hydrogens is 350 g/mol. The average molecular weight is 377 g/mol. The van der Waals surface area contributed by atoms with Crippen molar-refractivity contribution < 1.29 is 28.5 Å². The van der Waals surface area contributed by atoms with Gasteiger partial charge < -0.3 is 24.3 Å². The SMILES string of the molecule is COc1cc(C(=O)OCC(=O)NCCC2=CCCCC2)cc(OC)c1OC. The molecule has 0 saturated carbocycles. The summed E-state index contributed by atoms with van der Waals surface area (Å²) < 4.78 is 20.7. The molecule has 0 atom stereocenters.